The Hall–Kier alpha value is -3.80. The number of benzene rings is 1. The number of hydrogen-bond donors (Lipinski definition) is 3. The van der Waals surface area contributed by atoms with E-state index < -0.39 is 5.79 Å². The van der Waals surface area contributed by atoms with Gasteiger partial charge >= 0.3 is 0 Å². The van der Waals surface area contributed by atoms with Crippen LogP contribution in [0.4, 0.5) is 0 Å². The molecule has 4 aliphatic rings. The third kappa shape index (κ3) is 6.92. The number of ether oxygens (including phenoxy) is 2. The van der Waals surface area contributed by atoms with E-state index in [4.69, 9.17) is 9.47 Å². The number of rotatable bonds is 7. The Kier molecular flexibility index (Phi) is 8.96. The number of carbonyl (C=O) groups is 3. The molecule has 4 aliphatic heterocycles. The van der Waals surface area contributed by atoms with Gasteiger partial charge in [-0.15, -0.1) is 11.3 Å². The fourth-order valence-corrected chi connectivity index (χ4v) is 6.25. The fraction of sp³-hybridized carbons (Fsp3) is 0.400. The second kappa shape index (κ2) is 12.8. The molecule has 3 N–H and O–H groups in total. The van der Waals surface area contributed by atoms with Gasteiger partial charge in [0, 0.05) is 51.8 Å². The van der Waals surface area contributed by atoms with Crippen molar-refractivity contribution in [2.45, 2.75) is 38.1 Å². The van der Waals surface area contributed by atoms with Crippen molar-refractivity contribution < 1.29 is 23.9 Å². The number of amides is 3. The summed E-state index contributed by atoms with van der Waals surface area (Å²) >= 11 is 1.72. The van der Waals surface area contributed by atoms with E-state index in [2.05, 4.69) is 46.1 Å². The van der Waals surface area contributed by atoms with Crippen molar-refractivity contribution in [2.24, 2.45) is 10.9 Å². The minimum atomic E-state index is -0.658. The van der Waals surface area contributed by atoms with Gasteiger partial charge in [-0.3, -0.25) is 19.4 Å². The third-order valence-corrected chi connectivity index (χ3v) is 8.48. The number of carbonyl (C=O) groups excluding carboxylic acids is 3. The van der Waals surface area contributed by atoms with Crippen LogP contribution in [-0.2, 0) is 19.1 Å². The normalized spacial score (nSPS) is 23.3. The Labute approximate surface area is 243 Å². The number of thiophene rings is 1. The van der Waals surface area contributed by atoms with E-state index >= 15 is 0 Å². The largest absolute Gasteiger partial charge is 0.380 e. The Morgan fingerprint density at radius 2 is 1.98 bits per heavy atom. The highest BCUT2D eigenvalue weighted by Crippen LogP contribution is 2.34. The zero-order valence-corrected chi connectivity index (χ0v) is 24.0. The first-order valence-electron chi connectivity index (χ1n) is 13.7. The van der Waals surface area contributed by atoms with Crippen molar-refractivity contribution in [3.63, 3.8) is 0 Å². The van der Waals surface area contributed by atoms with E-state index in [-0.39, 0.29) is 24.4 Å². The summed E-state index contributed by atoms with van der Waals surface area (Å²) in [5.74, 6) is -0.692. The van der Waals surface area contributed by atoms with Crippen LogP contribution in [0.25, 0.3) is 10.4 Å². The van der Waals surface area contributed by atoms with Gasteiger partial charge in [0.1, 0.15) is 0 Å². The minimum absolute atomic E-state index is 0.0241. The molecule has 0 aliphatic carbocycles. The maximum Gasteiger partial charge on any atom is 0.251 e. The predicted octanol–water partition coefficient (Wildman–Crippen LogP) is 2.62. The van der Waals surface area contributed by atoms with Crippen molar-refractivity contribution >= 4 is 35.8 Å². The summed E-state index contributed by atoms with van der Waals surface area (Å²) in [6.07, 6.45) is 9.18. The quantitative estimate of drug-likeness (QED) is 0.435. The molecule has 3 amide bonds. The zero-order chi connectivity index (χ0) is 28.8. The Morgan fingerprint density at radius 3 is 2.66 bits per heavy atom. The lowest BCUT2D eigenvalue weighted by Crippen LogP contribution is -2.43. The van der Waals surface area contributed by atoms with Gasteiger partial charge in [-0.25, -0.2) is 0 Å². The highest BCUT2D eigenvalue weighted by Gasteiger charge is 2.48. The molecule has 216 valence electrons. The van der Waals surface area contributed by atoms with Crippen LogP contribution in [0.3, 0.4) is 0 Å². The van der Waals surface area contributed by atoms with E-state index in [0.717, 1.165) is 11.3 Å². The summed E-state index contributed by atoms with van der Waals surface area (Å²) in [5.41, 5.74) is 2.68. The topological polar surface area (TPSA) is 121 Å². The smallest absolute Gasteiger partial charge is 0.251 e. The number of aliphatic imine (C=N–C) groups is 1. The average Bonchev–Trinajstić information content (AvgIpc) is 3.78. The van der Waals surface area contributed by atoms with Crippen molar-refractivity contribution in [3.05, 3.63) is 70.9 Å². The first-order valence-corrected chi connectivity index (χ1v) is 14.5. The molecule has 0 bridgehead atoms. The van der Waals surface area contributed by atoms with Crippen LogP contribution in [0, 0.1) is 12.8 Å². The van der Waals surface area contributed by atoms with Gasteiger partial charge in [0.05, 0.1) is 38.9 Å². The van der Waals surface area contributed by atoms with Gasteiger partial charge in [0.15, 0.2) is 5.79 Å². The number of nitrogens with one attached hydrogen (secondary N) is 3. The van der Waals surface area contributed by atoms with E-state index in [1.165, 1.54) is 9.75 Å². The second-order valence-corrected chi connectivity index (χ2v) is 11.7. The van der Waals surface area contributed by atoms with Gasteiger partial charge in [-0.2, -0.15) is 0 Å². The molecular weight excluding hydrogens is 542 g/mol. The molecule has 3 unspecified atom stereocenters. The number of hydrogen-bond acceptors (Lipinski definition) is 8. The Bertz CT molecular complexity index is 1350. The van der Waals surface area contributed by atoms with Crippen molar-refractivity contribution in [1.29, 1.82) is 0 Å². The van der Waals surface area contributed by atoms with Crippen LogP contribution in [-0.4, -0.2) is 80.1 Å². The first kappa shape index (κ1) is 28.7. The van der Waals surface area contributed by atoms with Gasteiger partial charge in [0.25, 0.3) is 5.91 Å². The van der Waals surface area contributed by atoms with E-state index in [0.29, 0.717) is 56.7 Å². The van der Waals surface area contributed by atoms with Gasteiger partial charge in [-0.1, -0.05) is 18.2 Å². The molecule has 3 atom stereocenters. The maximum atomic E-state index is 12.6. The summed E-state index contributed by atoms with van der Waals surface area (Å²) in [5, 5.41) is 8.64. The molecule has 41 heavy (non-hydrogen) atoms. The summed E-state index contributed by atoms with van der Waals surface area (Å²) < 4.78 is 11.4. The van der Waals surface area contributed by atoms with Gasteiger partial charge < -0.3 is 30.3 Å². The van der Waals surface area contributed by atoms with Crippen LogP contribution in [0.15, 0.2) is 65.4 Å². The Morgan fingerprint density at radius 1 is 1.20 bits per heavy atom. The number of nitrogens with zero attached hydrogens (tertiary/aromatic N) is 2. The Balaban J connectivity index is 0.000000216. The van der Waals surface area contributed by atoms with E-state index in [1.807, 2.05) is 31.3 Å². The molecule has 10 nitrogen and oxygen atoms in total. The molecule has 0 radical (unpaired) electrons. The van der Waals surface area contributed by atoms with Crippen LogP contribution < -0.4 is 16.0 Å². The number of fused-ring (bicyclic) bond motifs is 1. The highest BCUT2D eigenvalue weighted by atomic mass is 32.1. The highest BCUT2D eigenvalue weighted by molar-refractivity contribution is 7.15. The van der Waals surface area contributed by atoms with Crippen molar-refractivity contribution in [3.8, 4) is 10.4 Å². The monoisotopic (exact) mass is 577 g/mol. The lowest BCUT2D eigenvalue weighted by molar-refractivity contribution is -0.152. The SMILES string of the molecule is Cc1ccc(-c2ccc(C(=O)NCC(=O)N3CC4(CC3C)OCCO4)cc2)s1.O=CNCC1=CC2C=NC=CC2N1. The summed E-state index contributed by atoms with van der Waals surface area (Å²) in [4.78, 5) is 43.3. The van der Waals surface area contributed by atoms with E-state index in [9.17, 15) is 14.4 Å². The lowest BCUT2D eigenvalue weighted by atomic mass is 10.0. The van der Waals surface area contributed by atoms with Crippen LogP contribution in [0.2, 0.25) is 0 Å². The van der Waals surface area contributed by atoms with Crippen molar-refractivity contribution in [1.82, 2.24) is 20.9 Å². The number of aryl methyl sites for hydroxylation is 1. The van der Waals surface area contributed by atoms with E-state index in [1.54, 1.807) is 34.6 Å². The molecule has 1 aromatic heterocycles. The summed E-state index contributed by atoms with van der Waals surface area (Å²) in [6.45, 7) is 6.12. The standard InChI is InChI=1S/C21H24N2O4S.C9H11N3O/c1-14-11-21(26-9-10-27-21)13-23(14)19(24)12-22-20(25)17-6-4-16(5-7-17)18-8-3-15(2)28-18;13-6-11-5-8-3-7-4-10-2-1-9(7)12-8/h3-8,14H,9-13H2,1-2H3,(H,22,25);1-4,6-7,9,12H,5H2,(H,11,13). The third-order valence-electron chi connectivity index (χ3n) is 7.43. The zero-order valence-electron chi connectivity index (χ0n) is 23.2. The second-order valence-electron chi connectivity index (χ2n) is 10.4. The fourth-order valence-electron chi connectivity index (χ4n) is 5.38. The molecular formula is C30H35N5O5S. The molecule has 1 aromatic carbocycles. The molecule has 2 saturated heterocycles. The molecule has 0 saturated carbocycles. The summed E-state index contributed by atoms with van der Waals surface area (Å²) in [6, 6.07) is 12.0. The molecule has 1 spiro atoms. The first-order chi connectivity index (χ1) is 19.9. The van der Waals surface area contributed by atoms with Gasteiger partial charge in [-0.05, 0) is 49.8 Å². The molecule has 11 heteroatoms. The predicted molar refractivity (Wildman–Crippen MR) is 157 cm³/mol. The van der Waals surface area contributed by atoms with Gasteiger partial charge in [0.2, 0.25) is 12.3 Å². The average molecular weight is 578 g/mol. The number of likely N-dealkylation sites (tertiary alicyclic amines) is 1. The minimum Gasteiger partial charge on any atom is -0.380 e. The lowest BCUT2D eigenvalue weighted by Gasteiger charge is -2.23. The van der Waals surface area contributed by atoms with Crippen LogP contribution >= 0.6 is 11.3 Å². The van der Waals surface area contributed by atoms with Crippen LogP contribution in [0.1, 0.15) is 28.6 Å². The molecule has 2 aromatic rings. The molecule has 2 fully saturated rings. The van der Waals surface area contributed by atoms with Crippen molar-refractivity contribution in [2.75, 3.05) is 32.8 Å². The molecule has 6 rings (SSSR count). The summed E-state index contributed by atoms with van der Waals surface area (Å²) in [7, 11) is 0. The maximum absolute atomic E-state index is 12.6. The van der Waals surface area contributed by atoms with Crippen LogP contribution in [0.5, 0.6) is 0 Å². The molecule has 5 heterocycles.